The van der Waals surface area contributed by atoms with Gasteiger partial charge in [0.15, 0.2) is 0 Å². The maximum Gasteiger partial charge on any atom is 0.245 e. The van der Waals surface area contributed by atoms with Crippen molar-refractivity contribution in [3.05, 3.63) is 53.1 Å². The van der Waals surface area contributed by atoms with Gasteiger partial charge in [-0.25, -0.2) is 0 Å². The molecular weight excluding hydrogens is 376 g/mol. The maximum atomic E-state index is 13.9. The quantitative estimate of drug-likeness (QED) is 0.702. The molecule has 0 fully saturated rings. The molecule has 158 valence electrons. The molecule has 0 bridgehead atoms. The zero-order chi connectivity index (χ0) is 20.7. The standard InChI is InChI=1S/C25H30N2O3/c1-3-4-11-26(2)12-7-13-27-21-9-6-5-8-19(21)25(24(27)28)17-30-23-16-22-18(10-14-29-22)15-20(23)25/h5-6,8-9,15-16H,3-4,7,10-14,17H2,1-2H3. The van der Waals surface area contributed by atoms with Crippen LogP contribution in [-0.4, -0.2) is 50.7 Å². The van der Waals surface area contributed by atoms with E-state index in [9.17, 15) is 4.79 Å². The van der Waals surface area contributed by atoms with Crippen molar-refractivity contribution in [2.24, 2.45) is 0 Å². The number of carbonyl (C=O) groups excluding carboxylic acids is 1. The molecule has 30 heavy (non-hydrogen) atoms. The first-order valence-corrected chi connectivity index (χ1v) is 11.2. The van der Waals surface area contributed by atoms with E-state index in [1.165, 1.54) is 18.4 Å². The Morgan fingerprint density at radius 3 is 2.77 bits per heavy atom. The number of rotatable bonds is 7. The van der Waals surface area contributed by atoms with Gasteiger partial charge in [0, 0.05) is 30.3 Å². The molecule has 3 heterocycles. The summed E-state index contributed by atoms with van der Waals surface area (Å²) in [5.41, 5.74) is 3.57. The van der Waals surface area contributed by atoms with Crippen molar-refractivity contribution < 1.29 is 14.3 Å². The summed E-state index contributed by atoms with van der Waals surface area (Å²) in [6, 6.07) is 12.4. The molecule has 5 nitrogen and oxygen atoms in total. The SMILES string of the molecule is CCCCN(C)CCCN1C(=O)C2(COc3cc4c(cc32)CCO4)c2ccccc21. The Hall–Kier alpha value is -2.53. The number of fused-ring (bicyclic) bond motifs is 5. The summed E-state index contributed by atoms with van der Waals surface area (Å²) in [6.45, 7) is 6.13. The van der Waals surface area contributed by atoms with Gasteiger partial charge < -0.3 is 19.3 Å². The van der Waals surface area contributed by atoms with Gasteiger partial charge in [0.05, 0.1) is 6.61 Å². The van der Waals surface area contributed by atoms with E-state index in [0.29, 0.717) is 13.2 Å². The average Bonchev–Trinajstić information content (AvgIpc) is 3.43. The van der Waals surface area contributed by atoms with Crippen LogP contribution in [-0.2, 0) is 16.6 Å². The van der Waals surface area contributed by atoms with Crippen molar-refractivity contribution in [3.63, 3.8) is 0 Å². The van der Waals surface area contributed by atoms with Crippen LogP contribution in [0.25, 0.3) is 0 Å². The maximum absolute atomic E-state index is 13.9. The van der Waals surface area contributed by atoms with E-state index >= 15 is 0 Å². The molecule has 0 aliphatic carbocycles. The summed E-state index contributed by atoms with van der Waals surface area (Å²) in [7, 11) is 2.17. The van der Waals surface area contributed by atoms with E-state index in [4.69, 9.17) is 9.47 Å². The number of anilines is 1. The first-order valence-electron chi connectivity index (χ1n) is 11.2. The van der Waals surface area contributed by atoms with Gasteiger partial charge in [0.2, 0.25) is 5.91 Å². The molecule has 0 radical (unpaired) electrons. The van der Waals surface area contributed by atoms with Crippen LogP contribution in [0.15, 0.2) is 36.4 Å². The molecule has 5 heteroatoms. The number of unbranched alkanes of at least 4 members (excludes halogenated alkanes) is 1. The lowest BCUT2D eigenvalue weighted by atomic mass is 9.76. The molecule has 5 rings (SSSR count). The summed E-state index contributed by atoms with van der Waals surface area (Å²) >= 11 is 0. The highest BCUT2D eigenvalue weighted by Gasteiger charge is 2.57. The number of ether oxygens (including phenoxy) is 2. The molecule has 0 saturated carbocycles. The van der Waals surface area contributed by atoms with Crippen LogP contribution >= 0.6 is 0 Å². The normalized spacial score (nSPS) is 21.0. The molecule has 3 aliphatic rings. The molecule has 1 spiro atoms. The van der Waals surface area contributed by atoms with Gasteiger partial charge >= 0.3 is 0 Å². The Kier molecular flexibility index (Phi) is 4.94. The highest BCUT2D eigenvalue weighted by Crippen LogP contribution is 2.53. The van der Waals surface area contributed by atoms with E-state index in [0.717, 1.165) is 60.8 Å². The molecule has 0 aromatic heterocycles. The lowest BCUT2D eigenvalue weighted by Crippen LogP contribution is -2.43. The van der Waals surface area contributed by atoms with E-state index < -0.39 is 5.41 Å². The Bertz CT molecular complexity index is 973. The second-order valence-electron chi connectivity index (χ2n) is 8.73. The van der Waals surface area contributed by atoms with Crippen LogP contribution in [0.3, 0.4) is 0 Å². The minimum Gasteiger partial charge on any atom is -0.493 e. The van der Waals surface area contributed by atoms with Gasteiger partial charge in [-0.2, -0.15) is 0 Å². The lowest BCUT2D eigenvalue weighted by Gasteiger charge is -2.24. The zero-order valence-electron chi connectivity index (χ0n) is 17.9. The van der Waals surface area contributed by atoms with Crippen LogP contribution in [0.4, 0.5) is 5.69 Å². The second-order valence-corrected chi connectivity index (χ2v) is 8.73. The lowest BCUT2D eigenvalue weighted by molar-refractivity contribution is -0.122. The predicted octanol–water partition coefficient (Wildman–Crippen LogP) is 3.77. The number of amides is 1. The van der Waals surface area contributed by atoms with Gasteiger partial charge in [-0.05, 0) is 56.2 Å². The predicted molar refractivity (Wildman–Crippen MR) is 118 cm³/mol. The van der Waals surface area contributed by atoms with Gasteiger partial charge in [0.25, 0.3) is 0 Å². The molecule has 0 N–H and O–H groups in total. The first-order chi connectivity index (χ1) is 14.6. The van der Waals surface area contributed by atoms with Gasteiger partial charge in [-0.3, -0.25) is 4.79 Å². The number of hydrogen-bond donors (Lipinski definition) is 0. The first kappa shape index (κ1) is 19.4. The van der Waals surface area contributed by atoms with Crippen LogP contribution in [0.5, 0.6) is 11.5 Å². The number of para-hydroxylation sites is 1. The highest BCUT2D eigenvalue weighted by molar-refractivity contribution is 6.11. The van der Waals surface area contributed by atoms with Gasteiger partial charge in [-0.1, -0.05) is 31.5 Å². The number of nitrogens with zero attached hydrogens (tertiary/aromatic N) is 2. The van der Waals surface area contributed by atoms with Crippen molar-refractivity contribution in [1.82, 2.24) is 4.90 Å². The van der Waals surface area contributed by atoms with Crippen LogP contribution in [0.2, 0.25) is 0 Å². The smallest absolute Gasteiger partial charge is 0.245 e. The Balaban J connectivity index is 1.44. The van der Waals surface area contributed by atoms with Gasteiger partial charge in [-0.15, -0.1) is 0 Å². The molecule has 1 atom stereocenters. The third-order valence-corrected chi connectivity index (χ3v) is 6.78. The topological polar surface area (TPSA) is 42.0 Å². The summed E-state index contributed by atoms with van der Waals surface area (Å²) in [5.74, 6) is 1.84. The van der Waals surface area contributed by atoms with Crippen molar-refractivity contribution in [2.75, 3.05) is 44.8 Å². The zero-order valence-corrected chi connectivity index (χ0v) is 17.9. The van der Waals surface area contributed by atoms with Crippen LogP contribution in [0.1, 0.15) is 42.9 Å². The summed E-state index contributed by atoms with van der Waals surface area (Å²) in [6.07, 6.45) is 4.27. The number of benzene rings is 2. The number of hydrogen-bond acceptors (Lipinski definition) is 4. The van der Waals surface area contributed by atoms with Gasteiger partial charge in [0.1, 0.15) is 23.5 Å². The fourth-order valence-corrected chi connectivity index (χ4v) is 5.11. The molecule has 1 amide bonds. The Morgan fingerprint density at radius 2 is 1.90 bits per heavy atom. The third kappa shape index (κ3) is 2.90. The van der Waals surface area contributed by atoms with E-state index in [1.807, 2.05) is 23.1 Å². The monoisotopic (exact) mass is 406 g/mol. The Morgan fingerprint density at radius 1 is 1.07 bits per heavy atom. The molecular formula is C25H30N2O3. The third-order valence-electron chi connectivity index (χ3n) is 6.78. The molecule has 2 aromatic carbocycles. The Labute approximate surface area is 178 Å². The molecule has 3 aliphatic heterocycles. The van der Waals surface area contributed by atoms with E-state index in [2.05, 4.69) is 37.1 Å². The van der Waals surface area contributed by atoms with Crippen molar-refractivity contribution >= 4 is 11.6 Å². The number of carbonyl (C=O) groups is 1. The average molecular weight is 407 g/mol. The summed E-state index contributed by atoms with van der Waals surface area (Å²) < 4.78 is 11.8. The van der Waals surface area contributed by atoms with Crippen LogP contribution < -0.4 is 14.4 Å². The molecule has 0 saturated heterocycles. The molecule has 2 aromatic rings. The van der Waals surface area contributed by atoms with E-state index in [1.54, 1.807) is 0 Å². The van der Waals surface area contributed by atoms with E-state index in [-0.39, 0.29) is 5.91 Å². The fourth-order valence-electron chi connectivity index (χ4n) is 5.11. The highest BCUT2D eigenvalue weighted by atomic mass is 16.5. The van der Waals surface area contributed by atoms with Crippen molar-refractivity contribution in [3.8, 4) is 11.5 Å². The van der Waals surface area contributed by atoms with Crippen LogP contribution in [0, 0.1) is 0 Å². The van der Waals surface area contributed by atoms with Crippen molar-refractivity contribution in [1.29, 1.82) is 0 Å². The minimum absolute atomic E-state index is 0.150. The summed E-state index contributed by atoms with van der Waals surface area (Å²) in [4.78, 5) is 18.3. The minimum atomic E-state index is -0.725. The fraction of sp³-hybridized carbons (Fsp3) is 0.480. The second kappa shape index (κ2) is 7.62. The summed E-state index contributed by atoms with van der Waals surface area (Å²) in [5, 5.41) is 0. The molecule has 1 unspecified atom stereocenters. The van der Waals surface area contributed by atoms with Crippen molar-refractivity contribution in [2.45, 2.75) is 38.0 Å². The largest absolute Gasteiger partial charge is 0.493 e.